The lowest BCUT2D eigenvalue weighted by molar-refractivity contribution is -0.120. The van der Waals surface area contributed by atoms with Crippen LogP contribution in [0.4, 0.5) is 4.39 Å². The quantitative estimate of drug-likeness (QED) is 0.180. The highest BCUT2D eigenvalue weighted by Gasteiger charge is 2.47. The summed E-state index contributed by atoms with van der Waals surface area (Å²) in [6.07, 6.45) is 11.1. The molecule has 3 aromatic carbocycles. The molecule has 1 heterocycles. The fourth-order valence-corrected chi connectivity index (χ4v) is 8.16. The maximum atomic E-state index is 13.8. The summed E-state index contributed by atoms with van der Waals surface area (Å²) in [5.74, 6) is 4.86. The molecule has 0 N–H and O–H groups in total. The number of benzene rings is 3. The number of carbonyl (C=O) groups is 2. The van der Waals surface area contributed by atoms with E-state index in [0.717, 1.165) is 73.9 Å². The zero-order valence-corrected chi connectivity index (χ0v) is 31.5. The van der Waals surface area contributed by atoms with Gasteiger partial charge in [-0.3, -0.25) is 9.59 Å². The SMILES string of the molecule is COc1ccc(C2CCC(=O)CC2)cc1C.COc1ccc(C2CCC(F)(C=O)CC2)cc1C.COc1ccc(C2CCC3(CC2)CO3)cc1C. The van der Waals surface area contributed by atoms with E-state index in [9.17, 15) is 14.0 Å². The lowest BCUT2D eigenvalue weighted by atomic mass is 9.77. The molecule has 4 aliphatic rings. The molecule has 7 rings (SSSR count). The van der Waals surface area contributed by atoms with E-state index in [2.05, 4.69) is 50.2 Å². The molecule has 1 spiro atoms. The van der Waals surface area contributed by atoms with Gasteiger partial charge in [0, 0.05) is 12.8 Å². The Kier molecular flexibility index (Phi) is 13.0. The first-order chi connectivity index (χ1) is 24.5. The topological polar surface area (TPSA) is 74.4 Å². The van der Waals surface area contributed by atoms with Gasteiger partial charge in [-0.2, -0.15) is 0 Å². The van der Waals surface area contributed by atoms with Crippen molar-refractivity contribution in [2.45, 2.75) is 127 Å². The number of ether oxygens (including phenoxy) is 4. The van der Waals surface area contributed by atoms with E-state index in [1.54, 1.807) is 21.3 Å². The average Bonchev–Trinajstić information content (AvgIpc) is 3.91. The Morgan fingerprint density at radius 3 is 1.29 bits per heavy atom. The highest BCUT2D eigenvalue weighted by atomic mass is 19.1. The van der Waals surface area contributed by atoms with Gasteiger partial charge in [-0.1, -0.05) is 36.4 Å². The number of ketones is 1. The molecule has 3 aliphatic carbocycles. The van der Waals surface area contributed by atoms with Gasteiger partial charge >= 0.3 is 0 Å². The van der Waals surface area contributed by atoms with Crippen LogP contribution in [0.1, 0.15) is 128 Å². The van der Waals surface area contributed by atoms with Gasteiger partial charge < -0.3 is 18.9 Å². The summed E-state index contributed by atoms with van der Waals surface area (Å²) in [7, 11) is 5.09. The minimum Gasteiger partial charge on any atom is -0.496 e. The molecule has 51 heavy (non-hydrogen) atoms. The van der Waals surface area contributed by atoms with E-state index in [-0.39, 0.29) is 0 Å². The Morgan fingerprint density at radius 1 is 0.627 bits per heavy atom. The van der Waals surface area contributed by atoms with Gasteiger partial charge in [0.1, 0.15) is 23.0 Å². The summed E-state index contributed by atoms with van der Waals surface area (Å²) in [6, 6.07) is 19.1. The van der Waals surface area contributed by atoms with Crippen LogP contribution < -0.4 is 14.2 Å². The second-order valence-corrected chi connectivity index (χ2v) is 15.2. The summed E-state index contributed by atoms with van der Waals surface area (Å²) >= 11 is 0. The number of rotatable bonds is 7. The molecule has 1 saturated heterocycles. The lowest BCUT2D eigenvalue weighted by Gasteiger charge is -2.30. The molecule has 6 nitrogen and oxygen atoms in total. The molecular formula is C44H57FO6. The largest absolute Gasteiger partial charge is 0.496 e. The normalized spacial score (nSPS) is 25.8. The number of alkyl halides is 1. The third kappa shape index (κ3) is 10.0. The van der Waals surface area contributed by atoms with Crippen molar-refractivity contribution in [2.24, 2.45) is 0 Å². The first-order valence-corrected chi connectivity index (χ1v) is 18.8. The molecule has 0 atom stereocenters. The minimum absolute atomic E-state index is 0.304. The lowest BCUT2D eigenvalue weighted by Crippen LogP contribution is -2.30. The van der Waals surface area contributed by atoms with Crippen LogP contribution >= 0.6 is 0 Å². The predicted molar refractivity (Wildman–Crippen MR) is 200 cm³/mol. The van der Waals surface area contributed by atoms with Gasteiger partial charge in [0.15, 0.2) is 12.0 Å². The maximum Gasteiger partial charge on any atom is 0.165 e. The monoisotopic (exact) mass is 700 g/mol. The van der Waals surface area contributed by atoms with Crippen molar-refractivity contribution in [1.29, 1.82) is 0 Å². The molecule has 3 aromatic rings. The Bertz CT molecular complexity index is 1620. The molecule has 0 amide bonds. The summed E-state index contributed by atoms with van der Waals surface area (Å²) in [5.41, 5.74) is 6.29. The smallest absolute Gasteiger partial charge is 0.165 e. The van der Waals surface area contributed by atoms with Crippen LogP contribution in [0, 0.1) is 20.8 Å². The van der Waals surface area contributed by atoms with Crippen molar-refractivity contribution in [3.63, 3.8) is 0 Å². The van der Waals surface area contributed by atoms with Gasteiger partial charge in [-0.15, -0.1) is 0 Å². The van der Waals surface area contributed by atoms with Crippen LogP contribution in [0.15, 0.2) is 54.6 Å². The van der Waals surface area contributed by atoms with E-state index in [0.29, 0.717) is 42.3 Å². The van der Waals surface area contributed by atoms with Crippen LogP contribution in [0.3, 0.4) is 0 Å². The van der Waals surface area contributed by atoms with Gasteiger partial charge in [0.25, 0.3) is 0 Å². The van der Waals surface area contributed by atoms with Crippen molar-refractivity contribution in [3.05, 3.63) is 88.0 Å². The fraction of sp³-hybridized carbons (Fsp3) is 0.545. The van der Waals surface area contributed by atoms with E-state index >= 15 is 0 Å². The summed E-state index contributed by atoms with van der Waals surface area (Å²) in [5, 5.41) is 0. The molecular weight excluding hydrogens is 643 g/mol. The number of hydrogen-bond acceptors (Lipinski definition) is 6. The standard InChI is InChI=1S/C15H19FO2.C15H20O2.C14H18O2/c1-11-9-13(3-4-14(11)18-2)12-5-7-15(16,10-17)8-6-12;1-11-9-13(3-4-14(11)16-2)12-5-7-15(8-6-12)10-17-15;1-10-9-12(5-8-14(10)16-2)11-3-6-13(15)7-4-11/h3-4,9-10,12H,5-8H2,1-2H3;3-4,9,12H,5-8,10H2,1-2H3;5,8-9,11H,3-4,6-7H2,1-2H3. The van der Waals surface area contributed by atoms with E-state index in [4.69, 9.17) is 18.9 Å². The Labute approximate surface area is 304 Å². The predicted octanol–water partition coefficient (Wildman–Crippen LogP) is 10.2. The van der Waals surface area contributed by atoms with Crippen molar-refractivity contribution in [2.75, 3.05) is 27.9 Å². The van der Waals surface area contributed by atoms with Crippen LogP contribution in [-0.4, -0.2) is 51.3 Å². The molecule has 4 fully saturated rings. The number of aldehydes is 1. The van der Waals surface area contributed by atoms with Crippen LogP contribution in [-0.2, 0) is 14.3 Å². The number of hydrogen-bond donors (Lipinski definition) is 0. The van der Waals surface area contributed by atoms with Crippen LogP contribution in [0.2, 0.25) is 0 Å². The van der Waals surface area contributed by atoms with Gasteiger partial charge in [-0.25, -0.2) is 4.39 Å². The molecule has 276 valence electrons. The second kappa shape index (κ2) is 17.2. The highest BCUT2D eigenvalue weighted by Crippen LogP contribution is 2.47. The number of carbonyl (C=O) groups excluding carboxylic acids is 2. The van der Waals surface area contributed by atoms with Crippen molar-refractivity contribution in [3.8, 4) is 17.2 Å². The van der Waals surface area contributed by atoms with Gasteiger partial charge in [0.05, 0.1) is 33.5 Å². The highest BCUT2D eigenvalue weighted by molar-refractivity contribution is 5.79. The summed E-state index contributed by atoms with van der Waals surface area (Å²) in [4.78, 5) is 21.9. The van der Waals surface area contributed by atoms with E-state index < -0.39 is 5.67 Å². The van der Waals surface area contributed by atoms with E-state index in [1.165, 1.54) is 53.5 Å². The number of methoxy groups -OCH3 is 3. The molecule has 0 aromatic heterocycles. The number of halogens is 1. The zero-order chi connectivity index (χ0) is 36.6. The molecule has 1 aliphatic heterocycles. The molecule has 0 bridgehead atoms. The van der Waals surface area contributed by atoms with Crippen LogP contribution in [0.25, 0.3) is 0 Å². The maximum absolute atomic E-state index is 13.8. The number of epoxide rings is 1. The Balaban J connectivity index is 0.000000149. The molecule has 0 radical (unpaired) electrons. The van der Waals surface area contributed by atoms with Crippen LogP contribution in [0.5, 0.6) is 17.2 Å². The molecule has 0 unspecified atom stereocenters. The molecule has 3 saturated carbocycles. The first-order valence-electron chi connectivity index (χ1n) is 18.8. The average molecular weight is 701 g/mol. The van der Waals surface area contributed by atoms with Gasteiger partial charge in [-0.05, 0) is 154 Å². The Hall–Kier alpha value is -3.71. The van der Waals surface area contributed by atoms with Gasteiger partial charge in [0.2, 0.25) is 0 Å². The number of Topliss-reactive ketones (excluding diaryl/α,β-unsaturated/α-hetero) is 1. The van der Waals surface area contributed by atoms with Crippen molar-refractivity contribution < 1.29 is 32.9 Å². The third-order valence-corrected chi connectivity index (χ3v) is 11.7. The van der Waals surface area contributed by atoms with Crippen molar-refractivity contribution in [1.82, 2.24) is 0 Å². The summed E-state index contributed by atoms with van der Waals surface area (Å²) in [6.45, 7) is 7.20. The minimum atomic E-state index is -1.59. The fourth-order valence-electron chi connectivity index (χ4n) is 8.16. The number of aryl methyl sites for hydroxylation is 3. The first kappa shape index (κ1) is 38.5. The zero-order valence-electron chi connectivity index (χ0n) is 31.5. The van der Waals surface area contributed by atoms with Crippen molar-refractivity contribution >= 4 is 12.1 Å². The van der Waals surface area contributed by atoms with E-state index in [1.807, 2.05) is 25.1 Å². The third-order valence-electron chi connectivity index (χ3n) is 11.7. The molecule has 7 heteroatoms. The summed E-state index contributed by atoms with van der Waals surface area (Å²) < 4.78 is 35.2. The Morgan fingerprint density at radius 2 is 0.980 bits per heavy atom. The second-order valence-electron chi connectivity index (χ2n) is 15.2.